The van der Waals surface area contributed by atoms with E-state index in [0.29, 0.717) is 33.5 Å². The van der Waals surface area contributed by atoms with Gasteiger partial charge >= 0.3 is 0 Å². The molecule has 0 aromatic heterocycles. The quantitative estimate of drug-likeness (QED) is 0.795. The molecule has 0 aliphatic carbocycles. The average Bonchev–Trinajstić information content (AvgIpc) is 2.70. The molecule has 148 valence electrons. The van der Waals surface area contributed by atoms with E-state index < -0.39 is 12.1 Å². The lowest BCUT2D eigenvalue weighted by atomic mass is 10.1. The second-order valence-corrected chi connectivity index (χ2v) is 6.48. The highest BCUT2D eigenvalue weighted by Crippen LogP contribution is 2.38. The van der Waals surface area contributed by atoms with Gasteiger partial charge in [-0.2, -0.15) is 0 Å². The number of carbonyl (C=O) groups excluding carboxylic acids is 2. The summed E-state index contributed by atoms with van der Waals surface area (Å²) < 4.78 is 15.8. The smallest absolute Gasteiger partial charge is 0.276 e. The van der Waals surface area contributed by atoms with Crippen molar-refractivity contribution in [3.05, 3.63) is 46.5 Å². The standard InChI is InChI=1S/C19H20ClN3O5/c1-10-21-14-6-5-12(20)9-13(14)19(25)23(10)22-18(24)11-7-15(26-2)17(28-4)16(8-11)27-3/h5-10,21H,1-4H3,(H,22,24). The molecule has 1 aliphatic rings. The van der Waals surface area contributed by atoms with Gasteiger partial charge in [0.2, 0.25) is 5.75 Å². The van der Waals surface area contributed by atoms with Crippen molar-refractivity contribution < 1.29 is 23.8 Å². The van der Waals surface area contributed by atoms with Crippen molar-refractivity contribution in [2.45, 2.75) is 13.1 Å². The molecule has 2 N–H and O–H groups in total. The zero-order valence-corrected chi connectivity index (χ0v) is 16.6. The molecule has 1 aliphatic heterocycles. The van der Waals surface area contributed by atoms with Crippen LogP contribution in [0.1, 0.15) is 27.6 Å². The number of hydrogen-bond donors (Lipinski definition) is 2. The van der Waals surface area contributed by atoms with Crippen LogP contribution in [0, 0.1) is 0 Å². The monoisotopic (exact) mass is 405 g/mol. The second kappa shape index (κ2) is 7.85. The van der Waals surface area contributed by atoms with Gasteiger partial charge in [-0.15, -0.1) is 0 Å². The Bertz CT molecular complexity index is 909. The van der Waals surface area contributed by atoms with E-state index in [4.69, 9.17) is 25.8 Å². The molecule has 3 rings (SSSR count). The van der Waals surface area contributed by atoms with Crippen molar-refractivity contribution in [3.63, 3.8) is 0 Å². The number of methoxy groups -OCH3 is 3. The molecular weight excluding hydrogens is 386 g/mol. The van der Waals surface area contributed by atoms with E-state index in [0.717, 1.165) is 0 Å². The van der Waals surface area contributed by atoms with Crippen molar-refractivity contribution >= 4 is 29.1 Å². The van der Waals surface area contributed by atoms with Crippen LogP contribution >= 0.6 is 11.6 Å². The third-order valence-electron chi connectivity index (χ3n) is 4.33. The van der Waals surface area contributed by atoms with Gasteiger partial charge in [0.1, 0.15) is 6.17 Å². The number of anilines is 1. The molecule has 0 fully saturated rings. The number of rotatable bonds is 5. The van der Waals surface area contributed by atoms with Crippen molar-refractivity contribution in [1.82, 2.24) is 10.4 Å². The first kappa shape index (κ1) is 19.6. The minimum Gasteiger partial charge on any atom is -0.493 e. The zero-order valence-electron chi connectivity index (χ0n) is 15.8. The topological polar surface area (TPSA) is 89.1 Å². The highest BCUT2D eigenvalue weighted by atomic mass is 35.5. The fraction of sp³-hybridized carbons (Fsp3) is 0.263. The molecule has 28 heavy (non-hydrogen) atoms. The van der Waals surface area contributed by atoms with E-state index in [2.05, 4.69) is 10.7 Å². The van der Waals surface area contributed by atoms with Crippen LogP contribution in [0.3, 0.4) is 0 Å². The third-order valence-corrected chi connectivity index (χ3v) is 4.57. The van der Waals surface area contributed by atoms with E-state index >= 15 is 0 Å². The zero-order chi connectivity index (χ0) is 20.4. The molecule has 2 aromatic carbocycles. The Hall–Kier alpha value is -3.13. The van der Waals surface area contributed by atoms with Crippen LogP contribution in [0.15, 0.2) is 30.3 Å². The van der Waals surface area contributed by atoms with Crippen molar-refractivity contribution in [3.8, 4) is 17.2 Å². The first-order valence-corrected chi connectivity index (χ1v) is 8.78. The van der Waals surface area contributed by atoms with Crippen LogP contribution in [-0.4, -0.2) is 44.3 Å². The first-order valence-electron chi connectivity index (χ1n) is 8.40. The maximum atomic E-state index is 12.8. The molecule has 0 spiro atoms. The van der Waals surface area contributed by atoms with Crippen LogP contribution in [-0.2, 0) is 0 Å². The Morgan fingerprint density at radius 1 is 1.11 bits per heavy atom. The summed E-state index contributed by atoms with van der Waals surface area (Å²) >= 11 is 6.00. The number of amides is 2. The minimum absolute atomic E-state index is 0.242. The van der Waals surface area contributed by atoms with Crippen molar-refractivity contribution in [2.24, 2.45) is 0 Å². The van der Waals surface area contributed by atoms with Crippen LogP contribution in [0.2, 0.25) is 5.02 Å². The van der Waals surface area contributed by atoms with Gasteiger partial charge in [0.25, 0.3) is 11.8 Å². The summed E-state index contributed by atoms with van der Waals surface area (Å²) in [5, 5.41) is 4.79. The van der Waals surface area contributed by atoms with Gasteiger partial charge in [0.05, 0.1) is 26.9 Å². The van der Waals surface area contributed by atoms with E-state index in [1.54, 1.807) is 25.1 Å². The molecule has 0 saturated carbocycles. The highest BCUT2D eigenvalue weighted by Gasteiger charge is 2.31. The molecule has 8 nitrogen and oxygen atoms in total. The van der Waals surface area contributed by atoms with Crippen LogP contribution in [0.25, 0.3) is 0 Å². The first-order chi connectivity index (χ1) is 13.4. The van der Waals surface area contributed by atoms with Crippen molar-refractivity contribution in [1.29, 1.82) is 0 Å². The number of halogens is 1. The Morgan fingerprint density at radius 3 is 2.32 bits per heavy atom. The molecule has 1 atom stereocenters. The maximum absolute atomic E-state index is 12.8. The number of nitrogens with one attached hydrogen (secondary N) is 2. The summed E-state index contributed by atoms with van der Waals surface area (Å²) in [5.74, 6) is 0.158. The van der Waals surface area contributed by atoms with E-state index in [9.17, 15) is 9.59 Å². The van der Waals surface area contributed by atoms with Gasteiger partial charge < -0.3 is 19.5 Å². The summed E-state index contributed by atoms with van der Waals surface area (Å²) in [6, 6.07) is 7.99. The second-order valence-electron chi connectivity index (χ2n) is 6.04. The lowest BCUT2D eigenvalue weighted by Gasteiger charge is -2.35. The lowest BCUT2D eigenvalue weighted by molar-refractivity contribution is 0.0510. The molecule has 2 aromatic rings. The average molecular weight is 406 g/mol. The van der Waals surface area contributed by atoms with E-state index in [-0.39, 0.29) is 11.5 Å². The molecule has 0 saturated heterocycles. The molecule has 0 radical (unpaired) electrons. The predicted octanol–water partition coefficient (Wildman–Crippen LogP) is 2.92. The lowest BCUT2D eigenvalue weighted by Crippen LogP contribution is -2.56. The molecular formula is C19H20ClN3O5. The van der Waals surface area contributed by atoms with Gasteiger partial charge in [-0.05, 0) is 37.3 Å². The number of benzene rings is 2. The van der Waals surface area contributed by atoms with Gasteiger partial charge in [0, 0.05) is 16.3 Å². The predicted molar refractivity (Wildman–Crippen MR) is 104 cm³/mol. The largest absolute Gasteiger partial charge is 0.493 e. The SMILES string of the molecule is COc1cc(C(=O)NN2C(=O)c3cc(Cl)ccc3NC2C)cc(OC)c1OC. The van der Waals surface area contributed by atoms with Crippen LogP contribution < -0.4 is 25.0 Å². The molecule has 9 heteroatoms. The Morgan fingerprint density at radius 2 is 1.75 bits per heavy atom. The number of hydrazine groups is 1. The summed E-state index contributed by atoms with van der Waals surface area (Å²) in [6.45, 7) is 1.75. The van der Waals surface area contributed by atoms with Gasteiger partial charge in [-0.25, -0.2) is 5.01 Å². The van der Waals surface area contributed by atoms with E-state index in [1.165, 1.54) is 38.5 Å². The van der Waals surface area contributed by atoms with Crippen LogP contribution in [0.5, 0.6) is 17.2 Å². The number of carbonyl (C=O) groups is 2. The molecule has 2 amide bonds. The summed E-state index contributed by atoms with van der Waals surface area (Å²) in [6.07, 6.45) is -0.466. The van der Waals surface area contributed by atoms with E-state index in [1.807, 2.05) is 0 Å². The van der Waals surface area contributed by atoms with Gasteiger partial charge in [-0.1, -0.05) is 11.6 Å². The Balaban J connectivity index is 1.90. The van der Waals surface area contributed by atoms with Crippen molar-refractivity contribution in [2.75, 3.05) is 26.6 Å². The fourth-order valence-electron chi connectivity index (χ4n) is 2.95. The maximum Gasteiger partial charge on any atom is 0.276 e. The van der Waals surface area contributed by atoms with Crippen LogP contribution in [0.4, 0.5) is 5.69 Å². The number of ether oxygens (including phenoxy) is 3. The fourth-order valence-corrected chi connectivity index (χ4v) is 3.12. The number of nitrogens with zero attached hydrogens (tertiary/aromatic N) is 1. The molecule has 1 unspecified atom stereocenters. The summed E-state index contributed by atoms with van der Waals surface area (Å²) in [7, 11) is 4.39. The Kier molecular flexibility index (Phi) is 5.51. The van der Waals surface area contributed by atoms with Gasteiger partial charge in [-0.3, -0.25) is 15.0 Å². The molecule has 1 heterocycles. The minimum atomic E-state index is -0.508. The Labute approximate surface area is 167 Å². The summed E-state index contributed by atoms with van der Waals surface area (Å²) in [5.41, 5.74) is 3.89. The number of hydrogen-bond acceptors (Lipinski definition) is 6. The highest BCUT2D eigenvalue weighted by molar-refractivity contribution is 6.31. The summed E-state index contributed by atoms with van der Waals surface area (Å²) in [4.78, 5) is 25.6. The number of fused-ring (bicyclic) bond motifs is 1. The van der Waals surface area contributed by atoms with Gasteiger partial charge in [0.15, 0.2) is 11.5 Å². The normalized spacial score (nSPS) is 15.4. The molecule has 0 bridgehead atoms. The third kappa shape index (κ3) is 3.50.